The summed E-state index contributed by atoms with van der Waals surface area (Å²) in [5.74, 6) is 0.653. The Balaban J connectivity index is 2.38. The number of carbonyl (C=O) groups excluding carboxylic acids is 1. The normalized spacial score (nSPS) is 14.4. The number of fused-ring (bicyclic) bond motifs is 1. The van der Waals surface area contributed by atoms with Gasteiger partial charge in [-0.1, -0.05) is 13.8 Å². The summed E-state index contributed by atoms with van der Waals surface area (Å²) in [6.07, 6.45) is 1.35. The van der Waals surface area contributed by atoms with Crippen LogP contribution in [0.15, 0.2) is 12.1 Å². The van der Waals surface area contributed by atoms with Crippen LogP contribution in [0.1, 0.15) is 39.7 Å². The lowest BCUT2D eigenvalue weighted by Gasteiger charge is -2.33. The molecule has 1 amide bonds. The first-order valence-electron chi connectivity index (χ1n) is 7.37. The van der Waals surface area contributed by atoms with E-state index in [2.05, 4.69) is 44.0 Å². The summed E-state index contributed by atoms with van der Waals surface area (Å²) < 4.78 is 0. The molecule has 4 heteroatoms. The number of benzene rings is 1. The lowest BCUT2D eigenvalue weighted by molar-refractivity contribution is -0.116. The van der Waals surface area contributed by atoms with Crippen LogP contribution in [0.4, 0.5) is 17.1 Å². The number of carbonyl (C=O) groups is 1. The Kier molecular flexibility index (Phi) is 4.21. The van der Waals surface area contributed by atoms with E-state index in [1.165, 1.54) is 5.56 Å². The average Bonchev–Trinajstić information content (AvgIpc) is 2.35. The number of nitrogen functional groups attached to an aromatic ring is 1. The van der Waals surface area contributed by atoms with Crippen molar-refractivity contribution in [2.75, 3.05) is 22.5 Å². The van der Waals surface area contributed by atoms with Crippen LogP contribution in [0.2, 0.25) is 0 Å². The van der Waals surface area contributed by atoms with Gasteiger partial charge in [-0.15, -0.1) is 0 Å². The van der Waals surface area contributed by atoms with E-state index in [1.54, 1.807) is 0 Å². The molecule has 2 rings (SSSR count). The van der Waals surface area contributed by atoms with Crippen molar-refractivity contribution in [2.45, 2.75) is 46.6 Å². The van der Waals surface area contributed by atoms with Crippen LogP contribution < -0.4 is 16.0 Å². The molecule has 0 atom stereocenters. The summed E-state index contributed by atoms with van der Waals surface area (Å²) in [5, 5.41) is 2.90. The van der Waals surface area contributed by atoms with Gasteiger partial charge in [0.25, 0.3) is 0 Å². The number of rotatable bonds is 4. The second-order valence-corrected chi connectivity index (χ2v) is 6.26. The average molecular weight is 275 g/mol. The monoisotopic (exact) mass is 275 g/mol. The zero-order chi connectivity index (χ0) is 14.9. The van der Waals surface area contributed by atoms with E-state index >= 15 is 0 Å². The highest BCUT2D eigenvalue weighted by Crippen LogP contribution is 2.34. The molecule has 1 aliphatic heterocycles. The number of nitrogens with one attached hydrogen (secondary N) is 1. The Morgan fingerprint density at radius 2 is 1.95 bits per heavy atom. The molecule has 1 aromatic rings. The van der Waals surface area contributed by atoms with E-state index in [0.29, 0.717) is 18.4 Å². The summed E-state index contributed by atoms with van der Waals surface area (Å²) in [6.45, 7) is 9.77. The highest BCUT2D eigenvalue weighted by Gasteiger charge is 2.20. The standard InChI is InChI=1S/C16H25N3O/c1-10(2)9-19(11(3)4)15-7-12-5-6-16(20)18-14(12)8-13(15)17/h7-8,10-11H,5-6,9,17H2,1-4H3,(H,18,20). The fraction of sp³-hybridized carbons (Fsp3) is 0.562. The van der Waals surface area contributed by atoms with Gasteiger partial charge in [-0.2, -0.15) is 0 Å². The van der Waals surface area contributed by atoms with E-state index in [1.807, 2.05) is 6.07 Å². The van der Waals surface area contributed by atoms with Crippen LogP contribution in [0.5, 0.6) is 0 Å². The third-order valence-corrected chi connectivity index (χ3v) is 3.64. The molecule has 1 aliphatic rings. The van der Waals surface area contributed by atoms with Crippen LogP contribution in [0.3, 0.4) is 0 Å². The van der Waals surface area contributed by atoms with Gasteiger partial charge in [0.15, 0.2) is 0 Å². The second kappa shape index (κ2) is 5.73. The van der Waals surface area contributed by atoms with Crippen LogP contribution in [0, 0.1) is 5.92 Å². The highest BCUT2D eigenvalue weighted by atomic mass is 16.1. The van der Waals surface area contributed by atoms with Gasteiger partial charge in [0.05, 0.1) is 11.4 Å². The first kappa shape index (κ1) is 14.7. The third kappa shape index (κ3) is 3.06. The molecule has 1 aromatic carbocycles. The fourth-order valence-corrected chi connectivity index (χ4v) is 2.66. The van der Waals surface area contributed by atoms with E-state index in [9.17, 15) is 4.79 Å². The Hall–Kier alpha value is -1.71. The molecule has 0 saturated heterocycles. The van der Waals surface area contributed by atoms with Crippen LogP contribution >= 0.6 is 0 Å². The number of hydrogen-bond donors (Lipinski definition) is 2. The van der Waals surface area contributed by atoms with Gasteiger partial charge in [0, 0.05) is 24.7 Å². The van der Waals surface area contributed by atoms with E-state index in [0.717, 1.165) is 30.0 Å². The Morgan fingerprint density at radius 1 is 1.25 bits per heavy atom. The van der Waals surface area contributed by atoms with Gasteiger partial charge in [0.2, 0.25) is 5.91 Å². The number of amides is 1. The first-order chi connectivity index (χ1) is 9.38. The number of anilines is 3. The maximum Gasteiger partial charge on any atom is 0.224 e. The maximum absolute atomic E-state index is 11.4. The lowest BCUT2D eigenvalue weighted by atomic mass is 10.00. The molecule has 3 N–H and O–H groups in total. The summed E-state index contributed by atoms with van der Waals surface area (Å²) in [6, 6.07) is 4.44. The molecule has 0 saturated carbocycles. The minimum absolute atomic E-state index is 0.0764. The molecule has 1 heterocycles. The third-order valence-electron chi connectivity index (χ3n) is 3.64. The zero-order valence-corrected chi connectivity index (χ0v) is 12.9. The molecule has 4 nitrogen and oxygen atoms in total. The molecule has 0 fully saturated rings. The van der Waals surface area contributed by atoms with Gasteiger partial charge in [-0.25, -0.2) is 0 Å². The van der Waals surface area contributed by atoms with E-state index < -0.39 is 0 Å². The van der Waals surface area contributed by atoms with Gasteiger partial charge in [-0.05, 0) is 43.9 Å². The SMILES string of the molecule is CC(C)CN(c1cc2c(cc1N)NC(=O)CC2)C(C)C. The quantitative estimate of drug-likeness (QED) is 0.830. The number of hydrogen-bond acceptors (Lipinski definition) is 3. The molecule has 0 aromatic heterocycles. The van der Waals surface area contributed by atoms with E-state index in [4.69, 9.17) is 5.73 Å². The van der Waals surface area contributed by atoms with Crippen molar-refractivity contribution < 1.29 is 4.79 Å². The summed E-state index contributed by atoms with van der Waals surface area (Å²) in [7, 11) is 0. The first-order valence-corrected chi connectivity index (χ1v) is 7.37. The van der Waals surface area contributed by atoms with Crippen molar-refractivity contribution >= 4 is 23.0 Å². The number of nitrogens with zero attached hydrogens (tertiary/aromatic N) is 1. The molecular formula is C16H25N3O. The van der Waals surface area contributed by atoms with E-state index in [-0.39, 0.29) is 5.91 Å². The predicted octanol–water partition coefficient (Wildman–Crippen LogP) is 3.02. The maximum atomic E-state index is 11.4. The molecule has 20 heavy (non-hydrogen) atoms. The van der Waals surface area contributed by atoms with Gasteiger partial charge in [0.1, 0.15) is 0 Å². The van der Waals surface area contributed by atoms with Gasteiger partial charge < -0.3 is 16.0 Å². The smallest absolute Gasteiger partial charge is 0.224 e. The summed E-state index contributed by atoms with van der Waals surface area (Å²) in [4.78, 5) is 13.8. The Morgan fingerprint density at radius 3 is 2.55 bits per heavy atom. The van der Waals surface area contributed by atoms with Crippen molar-refractivity contribution in [3.8, 4) is 0 Å². The van der Waals surface area contributed by atoms with Crippen molar-refractivity contribution in [1.82, 2.24) is 0 Å². The predicted molar refractivity (Wildman–Crippen MR) is 85.1 cm³/mol. The summed E-state index contributed by atoms with van der Waals surface area (Å²) >= 11 is 0. The molecule has 0 unspecified atom stereocenters. The topological polar surface area (TPSA) is 58.4 Å². The Bertz CT molecular complexity index is 509. The van der Waals surface area contributed by atoms with Crippen LogP contribution in [-0.4, -0.2) is 18.5 Å². The van der Waals surface area contributed by atoms with Crippen LogP contribution in [0.25, 0.3) is 0 Å². The van der Waals surface area contributed by atoms with Gasteiger partial charge >= 0.3 is 0 Å². The lowest BCUT2D eigenvalue weighted by Crippen LogP contribution is -2.35. The fourth-order valence-electron chi connectivity index (χ4n) is 2.66. The minimum atomic E-state index is 0.0764. The molecule has 0 radical (unpaired) electrons. The van der Waals surface area contributed by atoms with Gasteiger partial charge in [-0.3, -0.25) is 4.79 Å². The molecule has 0 bridgehead atoms. The molecular weight excluding hydrogens is 250 g/mol. The second-order valence-electron chi connectivity index (χ2n) is 6.26. The van der Waals surface area contributed by atoms with Crippen molar-refractivity contribution in [3.05, 3.63) is 17.7 Å². The minimum Gasteiger partial charge on any atom is -0.397 e. The zero-order valence-electron chi connectivity index (χ0n) is 12.9. The molecule has 110 valence electrons. The molecule has 0 spiro atoms. The van der Waals surface area contributed by atoms with Crippen LogP contribution in [-0.2, 0) is 11.2 Å². The van der Waals surface area contributed by atoms with Crippen molar-refractivity contribution in [2.24, 2.45) is 5.92 Å². The number of aryl methyl sites for hydroxylation is 1. The Labute approximate surface area is 121 Å². The molecule has 0 aliphatic carbocycles. The number of nitrogens with two attached hydrogens (primary N) is 1. The largest absolute Gasteiger partial charge is 0.397 e. The highest BCUT2D eigenvalue weighted by molar-refractivity contribution is 5.95. The van der Waals surface area contributed by atoms with Crippen molar-refractivity contribution in [1.29, 1.82) is 0 Å². The van der Waals surface area contributed by atoms with Crippen molar-refractivity contribution in [3.63, 3.8) is 0 Å². The summed E-state index contributed by atoms with van der Waals surface area (Å²) in [5.41, 5.74) is 10.1.